The van der Waals surface area contributed by atoms with E-state index in [1.807, 2.05) is 43.3 Å². The van der Waals surface area contributed by atoms with E-state index >= 15 is 0 Å². The van der Waals surface area contributed by atoms with Crippen molar-refractivity contribution in [3.63, 3.8) is 0 Å². The highest BCUT2D eigenvalue weighted by Gasteiger charge is 2.09. The van der Waals surface area contributed by atoms with Crippen molar-refractivity contribution in [2.24, 2.45) is 0 Å². The van der Waals surface area contributed by atoms with E-state index in [0.29, 0.717) is 5.56 Å². The summed E-state index contributed by atoms with van der Waals surface area (Å²) >= 11 is 0. The smallest absolute Gasteiger partial charge is 0.255 e. The highest BCUT2D eigenvalue weighted by molar-refractivity contribution is 6.04. The summed E-state index contributed by atoms with van der Waals surface area (Å²) in [6.45, 7) is 0.756. The van der Waals surface area contributed by atoms with Crippen LogP contribution < -0.4 is 5.32 Å². The van der Waals surface area contributed by atoms with Gasteiger partial charge in [0, 0.05) is 17.8 Å². The molecule has 2 N–H and O–H groups in total. The Kier molecular flexibility index (Phi) is 4.38. The van der Waals surface area contributed by atoms with E-state index in [0.717, 1.165) is 17.8 Å². The fourth-order valence-corrected chi connectivity index (χ4v) is 1.93. The fraction of sp³-hybridized carbons (Fsp3) is 0.188. The molecule has 0 aliphatic heterocycles. The van der Waals surface area contributed by atoms with Gasteiger partial charge in [0.1, 0.15) is 5.75 Å². The molecule has 0 aromatic heterocycles. The van der Waals surface area contributed by atoms with Crippen LogP contribution in [0.15, 0.2) is 48.5 Å². The van der Waals surface area contributed by atoms with Crippen LogP contribution in [0.5, 0.6) is 5.75 Å². The van der Waals surface area contributed by atoms with Gasteiger partial charge in [-0.05, 0) is 50.0 Å². The molecule has 0 unspecified atom stereocenters. The number of phenolic OH excluding ortho intramolecular Hbond substituents is 1. The lowest BCUT2D eigenvalue weighted by Gasteiger charge is -2.14. The normalized spacial score (nSPS) is 10.6. The van der Waals surface area contributed by atoms with E-state index in [-0.39, 0.29) is 11.7 Å². The number of carbonyl (C=O) groups is 1. The molecular weight excluding hydrogens is 252 g/mol. The molecule has 20 heavy (non-hydrogen) atoms. The van der Waals surface area contributed by atoms with Crippen molar-refractivity contribution in [1.29, 1.82) is 0 Å². The molecule has 0 fully saturated rings. The van der Waals surface area contributed by atoms with Crippen molar-refractivity contribution in [1.82, 2.24) is 4.90 Å². The molecule has 1 amide bonds. The topological polar surface area (TPSA) is 52.6 Å². The van der Waals surface area contributed by atoms with Crippen molar-refractivity contribution in [3.8, 4) is 5.75 Å². The minimum atomic E-state index is -0.184. The Morgan fingerprint density at radius 3 is 2.40 bits per heavy atom. The number of benzene rings is 2. The monoisotopic (exact) mass is 270 g/mol. The molecule has 2 aromatic carbocycles. The molecule has 0 saturated heterocycles. The summed E-state index contributed by atoms with van der Waals surface area (Å²) in [5.74, 6) is -0.0363. The van der Waals surface area contributed by atoms with Crippen LogP contribution >= 0.6 is 0 Å². The lowest BCUT2D eigenvalue weighted by atomic mass is 10.1. The number of rotatable bonds is 4. The van der Waals surface area contributed by atoms with E-state index in [4.69, 9.17) is 0 Å². The summed E-state index contributed by atoms with van der Waals surface area (Å²) in [6.07, 6.45) is 0. The summed E-state index contributed by atoms with van der Waals surface area (Å²) in [4.78, 5) is 14.2. The maximum atomic E-state index is 12.2. The summed E-state index contributed by atoms with van der Waals surface area (Å²) in [7, 11) is 3.97. The first-order chi connectivity index (χ1) is 9.56. The molecule has 0 heterocycles. The van der Waals surface area contributed by atoms with Gasteiger partial charge in [0.05, 0.1) is 0 Å². The summed E-state index contributed by atoms with van der Waals surface area (Å²) in [6, 6.07) is 13.9. The first-order valence-electron chi connectivity index (χ1n) is 6.39. The van der Waals surface area contributed by atoms with Gasteiger partial charge in [-0.25, -0.2) is 0 Å². The van der Waals surface area contributed by atoms with E-state index in [1.54, 1.807) is 12.1 Å². The van der Waals surface area contributed by atoms with Crippen LogP contribution in [0.4, 0.5) is 5.69 Å². The molecule has 0 atom stereocenters. The predicted octanol–water partition coefficient (Wildman–Crippen LogP) is 2.71. The van der Waals surface area contributed by atoms with Gasteiger partial charge in [-0.15, -0.1) is 0 Å². The standard InChI is InChI=1S/C16H18N2O2/c1-18(2)11-13-5-3-4-6-15(13)17-16(20)12-7-9-14(19)10-8-12/h3-10,19H,11H2,1-2H3,(H,17,20). The summed E-state index contributed by atoms with van der Waals surface area (Å²) in [5, 5.41) is 12.1. The second-order valence-corrected chi connectivity index (χ2v) is 4.90. The highest BCUT2D eigenvalue weighted by Crippen LogP contribution is 2.18. The van der Waals surface area contributed by atoms with Crippen molar-refractivity contribution in [3.05, 3.63) is 59.7 Å². The molecule has 0 saturated carbocycles. The van der Waals surface area contributed by atoms with Crippen LogP contribution in [-0.4, -0.2) is 30.0 Å². The van der Waals surface area contributed by atoms with Crippen LogP contribution in [0.25, 0.3) is 0 Å². The Morgan fingerprint density at radius 2 is 1.75 bits per heavy atom. The zero-order valence-corrected chi connectivity index (χ0v) is 11.6. The van der Waals surface area contributed by atoms with E-state index < -0.39 is 0 Å². The minimum Gasteiger partial charge on any atom is -0.508 e. The van der Waals surface area contributed by atoms with Crippen LogP contribution in [0.2, 0.25) is 0 Å². The number of aromatic hydroxyl groups is 1. The molecule has 0 aliphatic rings. The van der Waals surface area contributed by atoms with E-state index in [2.05, 4.69) is 5.32 Å². The Morgan fingerprint density at radius 1 is 1.10 bits per heavy atom. The van der Waals surface area contributed by atoms with Crippen LogP contribution in [0.3, 0.4) is 0 Å². The van der Waals surface area contributed by atoms with Crippen LogP contribution in [0, 0.1) is 0 Å². The SMILES string of the molecule is CN(C)Cc1ccccc1NC(=O)c1ccc(O)cc1. The van der Waals surface area contributed by atoms with E-state index in [9.17, 15) is 9.90 Å². The second-order valence-electron chi connectivity index (χ2n) is 4.90. The lowest BCUT2D eigenvalue weighted by Crippen LogP contribution is -2.16. The Hall–Kier alpha value is -2.33. The van der Waals surface area contributed by atoms with Gasteiger partial charge in [-0.3, -0.25) is 4.79 Å². The maximum absolute atomic E-state index is 12.2. The van der Waals surface area contributed by atoms with Gasteiger partial charge < -0.3 is 15.3 Å². The quantitative estimate of drug-likeness (QED) is 0.898. The molecule has 0 aliphatic carbocycles. The third-order valence-corrected chi connectivity index (χ3v) is 2.88. The lowest BCUT2D eigenvalue weighted by molar-refractivity contribution is 0.102. The zero-order chi connectivity index (χ0) is 14.5. The second kappa shape index (κ2) is 6.21. The van der Waals surface area contributed by atoms with Gasteiger partial charge in [0.25, 0.3) is 5.91 Å². The largest absolute Gasteiger partial charge is 0.508 e. The van der Waals surface area contributed by atoms with Gasteiger partial charge in [-0.1, -0.05) is 18.2 Å². The molecule has 0 bridgehead atoms. The van der Waals surface area contributed by atoms with Gasteiger partial charge >= 0.3 is 0 Å². The van der Waals surface area contributed by atoms with Crippen molar-refractivity contribution < 1.29 is 9.90 Å². The predicted molar refractivity (Wildman–Crippen MR) is 79.9 cm³/mol. The summed E-state index contributed by atoms with van der Waals surface area (Å²) < 4.78 is 0. The molecule has 2 aromatic rings. The van der Waals surface area contributed by atoms with Gasteiger partial charge in [0.15, 0.2) is 0 Å². The Balaban J connectivity index is 2.17. The molecular formula is C16H18N2O2. The number of para-hydroxylation sites is 1. The number of nitrogens with zero attached hydrogens (tertiary/aromatic N) is 1. The van der Waals surface area contributed by atoms with Gasteiger partial charge in [-0.2, -0.15) is 0 Å². The number of hydrogen-bond acceptors (Lipinski definition) is 3. The van der Waals surface area contributed by atoms with Crippen molar-refractivity contribution in [2.45, 2.75) is 6.54 Å². The fourth-order valence-electron chi connectivity index (χ4n) is 1.93. The molecule has 2 rings (SSSR count). The molecule has 4 heteroatoms. The number of amides is 1. The highest BCUT2D eigenvalue weighted by atomic mass is 16.3. The average molecular weight is 270 g/mol. The average Bonchev–Trinajstić information content (AvgIpc) is 2.41. The first kappa shape index (κ1) is 14.1. The molecule has 4 nitrogen and oxygen atoms in total. The number of nitrogens with one attached hydrogen (secondary N) is 1. The van der Waals surface area contributed by atoms with Crippen LogP contribution in [0.1, 0.15) is 15.9 Å². The third-order valence-electron chi connectivity index (χ3n) is 2.88. The number of anilines is 1. The Labute approximate surface area is 118 Å². The van der Waals surface area contributed by atoms with Crippen molar-refractivity contribution in [2.75, 3.05) is 19.4 Å². The Bertz CT molecular complexity index is 592. The molecule has 0 radical (unpaired) electrons. The van der Waals surface area contributed by atoms with Crippen molar-refractivity contribution >= 4 is 11.6 Å². The van der Waals surface area contributed by atoms with Gasteiger partial charge in [0.2, 0.25) is 0 Å². The molecule has 0 spiro atoms. The third kappa shape index (κ3) is 3.59. The zero-order valence-electron chi connectivity index (χ0n) is 11.6. The number of carbonyl (C=O) groups excluding carboxylic acids is 1. The first-order valence-corrected chi connectivity index (χ1v) is 6.39. The van der Waals surface area contributed by atoms with Crippen LogP contribution in [-0.2, 0) is 6.54 Å². The molecule has 104 valence electrons. The maximum Gasteiger partial charge on any atom is 0.255 e. The minimum absolute atomic E-state index is 0.148. The van der Waals surface area contributed by atoms with E-state index in [1.165, 1.54) is 12.1 Å². The number of hydrogen-bond donors (Lipinski definition) is 2. The summed E-state index contributed by atoms with van der Waals surface area (Å²) in [5.41, 5.74) is 2.38. The number of phenols is 1.